The van der Waals surface area contributed by atoms with Gasteiger partial charge in [0.2, 0.25) is 0 Å². The molecule has 0 heterocycles. The molecule has 4 heteroatoms. The second-order valence-electron chi connectivity index (χ2n) is 2.70. The highest BCUT2D eigenvalue weighted by Crippen LogP contribution is 2.15. The van der Waals surface area contributed by atoms with E-state index in [1.807, 2.05) is 24.3 Å². The molecule has 0 aromatic heterocycles. The molecular weight excluding hydrogens is 220 g/mol. The van der Waals surface area contributed by atoms with Crippen molar-refractivity contribution in [3.05, 3.63) is 34.9 Å². The minimum Gasteiger partial charge on any atom is -0.468 e. The zero-order valence-electron chi connectivity index (χ0n) is 7.83. The Morgan fingerprint density at radius 3 is 2.64 bits per heavy atom. The quantitative estimate of drug-likeness (QED) is 0.744. The molecule has 0 aliphatic heterocycles. The summed E-state index contributed by atoms with van der Waals surface area (Å²) in [7, 11) is 1.39. The molecule has 1 rings (SSSR count). The van der Waals surface area contributed by atoms with Crippen molar-refractivity contribution in [2.75, 3.05) is 12.9 Å². The summed E-state index contributed by atoms with van der Waals surface area (Å²) in [5.41, 5.74) is 1.16. The molecule has 0 fully saturated rings. The number of methoxy groups -OCH3 is 1. The maximum Gasteiger partial charge on any atom is 0.315 e. The molecule has 0 saturated heterocycles. The molecule has 0 saturated carbocycles. The number of carbonyl (C=O) groups is 1. The Balaban J connectivity index is 2.31. The van der Waals surface area contributed by atoms with E-state index in [0.717, 1.165) is 16.3 Å². The first-order valence-corrected chi connectivity index (χ1v) is 5.64. The van der Waals surface area contributed by atoms with E-state index in [4.69, 9.17) is 11.6 Å². The van der Waals surface area contributed by atoms with Gasteiger partial charge in [0.15, 0.2) is 0 Å². The first kappa shape index (κ1) is 11.4. The van der Waals surface area contributed by atoms with Crippen LogP contribution >= 0.6 is 23.4 Å². The van der Waals surface area contributed by atoms with E-state index in [1.165, 1.54) is 18.9 Å². The fourth-order valence-corrected chi connectivity index (χ4v) is 1.83. The highest BCUT2D eigenvalue weighted by molar-refractivity contribution is 7.99. The third kappa shape index (κ3) is 4.03. The molecule has 2 nitrogen and oxygen atoms in total. The zero-order valence-corrected chi connectivity index (χ0v) is 9.40. The standard InChI is InChI=1S/C10H11ClO2S/c1-13-10(12)7-14-6-8-2-4-9(11)5-3-8/h2-5H,6-7H2,1H3. The lowest BCUT2D eigenvalue weighted by atomic mass is 10.2. The molecule has 0 bridgehead atoms. The molecule has 0 aliphatic rings. The maximum atomic E-state index is 10.8. The highest BCUT2D eigenvalue weighted by Gasteiger charge is 2.00. The number of esters is 1. The van der Waals surface area contributed by atoms with Crippen LogP contribution in [0.5, 0.6) is 0 Å². The molecule has 0 aliphatic carbocycles. The van der Waals surface area contributed by atoms with Gasteiger partial charge in [-0.3, -0.25) is 4.79 Å². The fourth-order valence-electron chi connectivity index (χ4n) is 0.892. The van der Waals surface area contributed by atoms with Crippen LogP contribution in [0, 0.1) is 0 Å². The lowest BCUT2D eigenvalue weighted by Crippen LogP contribution is -2.03. The van der Waals surface area contributed by atoms with E-state index >= 15 is 0 Å². The Morgan fingerprint density at radius 2 is 2.07 bits per heavy atom. The normalized spacial score (nSPS) is 9.86. The zero-order chi connectivity index (χ0) is 10.4. The second-order valence-corrected chi connectivity index (χ2v) is 4.12. The summed E-state index contributed by atoms with van der Waals surface area (Å²) < 4.78 is 4.53. The predicted octanol–water partition coefficient (Wildman–Crippen LogP) is 2.75. The van der Waals surface area contributed by atoms with Crippen molar-refractivity contribution in [1.29, 1.82) is 0 Å². The van der Waals surface area contributed by atoms with Crippen LogP contribution in [0.25, 0.3) is 0 Å². The van der Waals surface area contributed by atoms with E-state index in [0.29, 0.717) is 5.75 Å². The number of halogens is 1. The van der Waals surface area contributed by atoms with Crippen molar-refractivity contribution in [3.8, 4) is 0 Å². The van der Waals surface area contributed by atoms with Crippen molar-refractivity contribution < 1.29 is 9.53 Å². The number of carbonyl (C=O) groups excluding carboxylic acids is 1. The molecular formula is C10H11ClO2S. The number of benzene rings is 1. The molecule has 14 heavy (non-hydrogen) atoms. The maximum absolute atomic E-state index is 10.8. The van der Waals surface area contributed by atoms with Crippen LogP contribution in [0.1, 0.15) is 5.56 Å². The van der Waals surface area contributed by atoms with Crippen LogP contribution in [0.4, 0.5) is 0 Å². The van der Waals surface area contributed by atoms with Crippen LogP contribution in [0.3, 0.4) is 0 Å². The first-order valence-electron chi connectivity index (χ1n) is 4.11. The van der Waals surface area contributed by atoms with E-state index < -0.39 is 0 Å². The predicted molar refractivity (Wildman–Crippen MR) is 59.6 cm³/mol. The summed E-state index contributed by atoms with van der Waals surface area (Å²) in [4.78, 5) is 10.8. The molecule has 0 amide bonds. The average molecular weight is 231 g/mol. The Morgan fingerprint density at radius 1 is 1.43 bits per heavy atom. The summed E-state index contributed by atoms with van der Waals surface area (Å²) in [5.74, 6) is 0.995. The third-order valence-corrected chi connectivity index (χ3v) is 2.86. The second kappa shape index (κ2) is 5.94. The molecule has 0 radical (unpaired) electrons. The first-order chi connectivity index (χ1) is 6.72. The number of rotatable bonds is 4. The summed E-state index contributed by atoms with van der Waals surface area (Å²) in [6, 6.07) is 7.59. The van der Waals surface area contributed by atoms with Gasteiger partial charge < -0.3 is 4.74 Å². The lowest BCUT2D eigenvalue weighted by Gasteiger charge is -2.00. The van der Waals surface area contributed by atoms with Crippen LogP contribution in [-0.2, 0) is 15.3 Å². The Hall–Kier alpha value is -0.670. The van der Waals surface area contributed by atoms with Gasteiger partial charge in [-0.2, -0.15) is 0 Å². The molecule has 0 unspecified atom stereocenters. The Labute approximate surface area is 92.6 Å². The summed E-state index contributed by atoms with van der Waals surface area (Å²) >= 11 is 7.26. The van der Waals surface area contributed by atoms with Gasteiger partial charge in [0, 0.05) is 10.8 Å². The van der Waals surface area contributed by atoms with Crippen molar-refractivity contribution in [2.45, 2.75) is 5.75 Å². The number of thioether (sulfide) groups is 1. The molecule has 0 atom stereocenters. The van der Waals surface area contributed by atoms with E-state index in [2.05, 4.69) is 4.74 Å². The van der Waals surface area contributed by atoms with Crippen molar-refractivity contribution >= 4 is 29.3 Å². The Kier molecular flexibility index (Phi) is 4.84. The highest BCUT2D eigenvalue weighted by atomic mass is 35.5. The Bertz CT molecular complexity index is 297. The average Bonchev–Trinajstić information content (AvgIpc) is 2.21. The monoisotopic (exact) mass is 230 g/mol. The van der Waals surface area contributed by atoms with Crippen LogP contribution in [0.15, 0.2) is 24.3 Å². The van der Waals surface area contributed by atoms with Crippen molar-refractivity contribution in [3.63, 3.8) is 0 Å². The third-order valence-electron chi connectivity index (χ3n) is 1.63. The van der Waals surface area contributed by atoms with E-state index in [-0.39, 0.29) is 5.97 Å². The molecule has 0 N–H and O–H groups in total. The van der Waals surface area contributed by atoms with Gasteiger partial charge in [0.1, 0.15) is 0 Å². The topological polar surface area (TPSA) is 26.3 Å². The minimum atomic E-state index is -0.191. The van der Waals surface area contributed by atoms with Gasteiger partial charge >= 0.3 is 5.97 Å². The van der Waals surface area contributed by atoms with Gasteiger partial charge in [-0.15, -0.1) is 11.8 Å². The van der Waals surface area contributed by atoms with Gasteiger partial charge in [-0.05, 0) is 17.7 Å². The molecule has 1 aromatic rings. The fraction of sp³-hybridized carbons (Fsp3) is 0.300. The summed E-state index contributed by atoms with van der Waals surface area (Å²) in [6.07, 6.45) is 0. The number of ether oxygens (including phenoxy) is 1. The van der Waals surface area contributed by atoms with Gasteiger partial charge in [0.05, 0.1) is 12.9 Å². The van der Waals surface area contributed by atoms with Crippen LogP contribution in [0.2, 0.25) is 5.02 Å². The van der Waals surface area contributed by atoms with E-state index in [9.17, 15) is 4.79 Å². The molecule has 0 spiro atoms. The van der Waals surface area contributed by atoms with Crippen LogP contribution in [-0.4, -0.2) is 18.8 Å². The smallest absolute Gasteiger partial charge is 0.315 e. The number of hydrogen-bond donors (Lipinski definition) is 0. The van der Waals surface area contributed by atoms with Gasteiger partial charge in [0.25, 0.3) is 0 Å². The molecule has 1 aromatic carbocycles. The SMILES string of the molecule is COC(=O)CSCc1ccc(Cl)cc1. The van der Waals surface area contributed by atoms with Crippen molar-refractivity contribution in [1.82, 2.24) is 0 Å². The van der Waals surface area contributed by atoms with Crippen molar-refractivity contribution in [2.24, 2.45) is 0 Å². The lowest BCUT2D eigenvalue weighted by molar-refractivity contribution is -0.137. The largest absolute Gasteiger partial charge is 0.468 e. The molecule has 76 valence electrons. The summed E-state index contributed by atoms with van der Waals surface area (Å²) in [5, 5.41) is 0.728. The number of hydrogen-bond acceptors (Lipinski definition) is 3. The van der Waals surface area contributed by atoms with Gasteiger partial charge in [-0.1, -0.05) is 23.7 Å². The van der Waals surface area contributed by atoms with Crippen LogP contribution < -0.4 is 0 Å². The van der Waals surface area contributed by atoms with Gasteiger partial charge in [-0.25, -0.2) is 0 Å². The summed E-state index contributed by atoms with van der Waals surface area (Å²) in [6.45, 7) is 0. The minimum absolute atomic E-state index is 0.191. The van der Waals surface area contributed by atoms with E-state index in [1.54, 1.807) is 0 Å².